The molecule has 3 aromatic rings. The summed E-state index contributed by atoms with van der Waals surface area (Å²) in [6, 6.07) is 19.0. The van der Waals surface area contributed by atoms with E-state index in [0.29, 0.717) is 11.4 Å². The maximum absolute atomic E-state index is 12.4. The number of anilines is 1. The second kappa shape index (κ2) is 8.31. The van der Waals surface area contributed by atoms with Crippen molar-refractivity contribution in [2.24, 2.45) is 0 Å². The van der Waals surface area contributed by atoms with Crippen LogP contribution in [-0.2, 0) is 11.3 Å². The number of hydrogen-bond donors (Lipinski definition) is 1. The highest BCUT2D eigenvalue weighted by Gasteiger charge is 2.21. The van der Waals surface area contributed by atoms with E-state index in [1.165, 1.54) is 0 Å². The standard InChI is InChI=1S/C22H21N3O3/c1-15-16(2)25(18-9-11-19(27-3)12-10-18)21(20(15)13-23)24-22(26)28-14-17-7-5-4-6-8-17/h4-12H,14H2,1-3H3,(H,24,26). The molecule has 0 radical (unpaired) electrons. The molecule has 0 aliphatic rings. The van der Waals surface area contributed by atoms with Gasteiger partial charge in [0.1, 0.15) is 24.2 Å². The van der Waals surface area contributed by atoms with Gasteiger partial charge in [0.2, 0.25) is 0 Å². The summed E-state index contributed by atoms with van der Waals surface area (Å²) < 4.78 is 12.3. The van der Waals surface area contributed by atoms with Gasteiger partial charge in [0, 0.05) is 11.4 Å². The van der Waals surface area contributed by atoms with E-state index in [0.717, 1.165) is 28.3 Å². The lowest BCUT2D eigenvalue weighted by atomic mass is 10.2. The molecular weight excluding hydrogens is 354 g/mol. The molecule has 28 heavy (non-hydrogen) atoms. The molecule has 0 aliphatic heterocycles. The molecule has 142 valence electrons. The van der Waals surface area contributed by atoms with Gasteiger partial charge in [-0.1, -0.05) is 30.3 Å². The van der Waals surface area contributed by atoms with Crippen molar-refractivity contribution in [3.63, 3.8) is 0 Å². The average molecular weight is 375 g/mol. The smallest absolute Gasteiger partial charge is 0.413 e. The lowest BCUT2D eigenvalue weighted by molar-refractivity contribution is 0.155. The van der Waals surface area contributed by atoms with Gasteiger partial charge in [-0.2, -0.15) is 5.26 Å². The van der Waals surface area contributed by atoms with Gasteiger partial charge < -0.3 is 9.47 Å². The number of nitrogens with zero attached hydrogens (tertiary/aromatic N) is 2. The van der Waals surface area contributed by atoms with Gasteiger partial charge in [0.05, 0.1) is 12.7 Å². The monoisotopic (exact) mass is 375 g/mol. The Hall–Kier alpha value is -3.72. The number of benzene rings is 2. The number of ether oxygens (including phenoxy) is 2. The molecule has 6 nitrogen and oxygen atoms in total. The first kappa shape index (κ1) is 19.1. The zero-order chi connectivity index (χ0) is 20.1. The van der Waals surface area contributed by atoms with Crippen LogP contribution < -0.4 is 10.1 Å². The van der Waals surface area contributed by atoms with E-state index in [2.05, 4.69) is 11.4 Å². The van der Waals surface area contributed by atoms with Gasteiger partial charge in [-0.15, -0.1) is 0 Å². The molecule has 0 spiro atoms. The molecule has 0 saturated heterocycles. The summed E-state index contributed by atoms with van der Waals surface area (Å²) in [7, 11) is 1.60. The zero-order valence-electron chi connectivity index (χ0n) is 16.0. The van der Waals surface area contributed by atoms with Crippen LogP contribution in [0.15, 0.2) is 54.6 Å². The van der Waals surface area contributed by atoms with Crippen LogP contribution >= 0.6 is 0 Å². The second-order valence-electron chi connectivity index (χ2n) is 6.27. The SMILES string of the molecule is COc1ccc(-n2c(C)c(C)c(C#N)c2NC(=O)OCc2ccccc2)cc1. The van der Waals surface area contributed by atoms with Crippen molar-refractivity contribution in [2.75, 3.05) is 12.4 Å². The molecule has 2 aromatic carbocycles. The molecule has 0 saturated carbocycles. The van der Waals surface area contributed by atoms with Gasteiger partial charge in [-0.25, -0.2) is 4.79 Å². The minimum Gasteiger partial charge on any atom is -0.497 e. The number of carbonyl (C=O) groups excluding carboxylic acids is 1. The maximum Gasteiger partial charge on any atom is 0.413 e. The van der Waals surface area contributed by atoms with Crippen LogP contribution in [0.4, 0.5) is 10.6 Å². The summed E-state index contributed by atoms with van der Waals surface area (Å²) in [6.45, 7) is 3.91. The molecule has 0 fully saturated rings. The minimum atomic E-state index is -0.618. The number of hydrogen-bond acceptors (Lipinski definition) is 4. The van der Waals surface area contributed by atoms with E-state index < -0.39 is 6.09 Å². The van der Waals surface area contributed by atoms with Gasteiger partial charge in [0.15, 0.2) is 0 Å². The lowest BCUT2D eigenvalue weighted by Gasteiger charge is -2.14. The summed E-state index contributed by atoms with van der Waals surface area (Å²) in [6.07, 6.45) is -0.618. The van der Waals surface area contributed by atoms with E-state index in [1.54, 1.807) is 7.11 Å². The Bertz CT molecular complexity index is 1020. The van der Waals surface area contributed by atoms with E-state index >= 15 is 0 Å². The van der Waals surface area contributed by atoms with Gasteiger partial charge in [-0.05, 0) is 49.2 Å². The average Bonchev–Trinajstić information content (AvgIpc) is 2.96. The largest absolute Gasteiger partial charge is 0.497 e. The molecule has 1 heterocycles. The van der Waals surface area contributed by atoms with Crippen molar-refractivity contribution in [3.05, 3.63) is 77.0 Å². The van der Waals surface area contributed by atoms with Gasteiger partial charge in [-0.3, -0.25) is 9.88 Å². The quantitative estimate of drug-likeness (QED) is 0.700. The van der Waals surface area contributed by atoms with Gasteiger partial charge >= 0.3 is 6.09 Å². The van der Waals surface area contributed by atoms with Crippen LogP contribution in [0.5, 0.6) is 5.75 Å². The number of methoxy groups -OCH3 is 1. The summed E-state index contributed by atoms with van der Waals surface area (Å²) in [5.74, 6) is 1.11. The summed E-state index contributed by atoms with van der Waals surface area (Å²) in [5.41, 5.74) is 3.76. The lowest BCUT2D eigenvalue weighted by Crippen LogP contribution is -2.17. The highest BCUT2D eigenvalue weighted by atomic mass is 16.5. The van der Waals surface area contributed by atoms with Crippen molar-refractivity contribution < 1.29 is 14.3 Å². The Kier molecular flexibility index (Phi) is 5.66. The zero-order valence-corrected chi connectivity index (χ0v) is 16.0. The topological polar surface area (TPSA) is 76.3 Å². The molecule has 0 atom stereocenters. The first-order valence-electron chi connectivity index (χ1n) is 8.79. The van der Waals surface area contributed by atoms with Crippen molar-refractivity contribution in [2.45, 2.75) is 20.5 Å². The van der Waals surface area contributed by atoms with Gasteiger partial charge in [0.25, 0.3) is 0 Å². The molecule has 0 aliphatic carbocycles. The number of aromatic nitrogens is 1. The Morgan fingerprint density at radius 2 is 1.79 bits per heavy atom. The third-order valence-electron chi connectivity index (χ3n) is 4.59. The molecule has 1 N–H and O–H groups in total. The van der Waals surface area contributed by atoms with Crippen LogP contribution in [0.3, 0.4) is 0 Å². The highest BCUT2D eigenvalue weighted by Crippen LogP contribution is 2.30. The van der Waals surface area contributed by atoms with Crippen LogP contribution in [0, 0.1) is 25.2 Å². The summed E-state index contributed by atoms with van der Waals surface area (Å²) >= 11 is 0. The molecule has 0 bridgehead atoms. The Morgan fingerprint density at radius 1 is 1.11 bits per heavy atom. The number of rotatable bonds is 5. The van der Waals surface area contributed by atoms with E-state index in [4.69, 9.17) is 9.47 Å². The van der Waals surface area contributed by atoms with Crippen LogP contribution in [-0.4, -0.2) is 17.8 Å². The Balaban J connectivity index is 1.89. The fourth-order valence-corrected chi connectivity index (χ4v) is 2.97. The number of nitrogens with one attached hydrogen (secondary N) is 1. The first-order valence-corrected chi connectivity index (χ1v) is 8.79. The molecule has 1 amide bonds. The van der Waals surface area contributed by atoms with Crippen LogP contribution in [0.25, 0.3) is 5.69 Å². The van der Waals surface area contributed by atoms with E-state index in [-0.39, 0.29) is 6.61 Å². The molecule has 0 unspecified atom stereocenters. The number of amides is 1. The molecule has 1 aromatic heterocycles. The van der Waals surface area contributed by atoms with Crippen molar-refractivity contribution in [3.8, 4) is 17.5 Å². The second-order valence-corrected chi connectivity index (χ2v) is 6.27. The molecule has 6 heteroatoms. The van der Waals surface area contributed by atoms with E-state index in [1.807, 2.05) is 73.0 Å². The first-order chi connectivity index (χ1) is 13.5. The summed E-state index contributed by atoms with van der Waals surface area (Å²) in [5, 5.41) is 12.3. The minimum absolute atomic E-state index is 0.149. The van der Waals surface area contributed by atoms with Crippen LogP contribution in [0.2, 0.25) is 0 Å². The normalized spacial score (nSPS) is 10.2. The van der Waals surface area contributed by atoms with Crippen molar-refractivity contribution >= 4 is 11.9 Å². The van der Waals surface area contributed by atoms with E-state index in [9.17, 15) is 10.1 Å². The maximum atomic E-state index is 12.4. The number of carbonyl (C=O) groups is 1. The fraction of sp³-hybridized carbons (Fsp3) is 0.182. The Labute approximate surface area is 163 Å². The fourth-order valence-electron chi connectivity index (χ4n) is 2.97. The van der Waals surface area contributed by atoms with Crippen molar-refractivity contribution in [1.29, 1.82) is 5.26 Å². The summed E-state index contributed by atoms with van der Waals surface area (Å²) in [4.78, 5) is 12.4. The predicted octanol–water partition coefficient (Wildman–Crippen LogP) is 4.72. The third-order valence-corrected chi connectivity index (χ3v) is 4.59. The highest BCUT2D eigenvalue weighted by molar-refractivity contribution is 5.87. The third kappa shape index (κ3) is 3.84. The number of nitriles is 1. The molecule has 3 rings (SSSR count). The molecular formula is C22H21N3O3. The predicted molar refractivity (Wildman–Crippen MR) is 107 cm³/mol. The van der Waals surface area contributed by atoms with Crippen LogP contribution in [0.1, 0.15) is 22.4 Å². The van der Waals surface area contributed by atoms with Crippen molar-refractivity contribution in [1.82, 2.24) is 4.57 Å². The Morgan fingerprint density at radius 3 is 2.39 bits per heavy atom.